The molecular formula is C12H16BrClO. The van der Waals surface area contributed by atoms with Crippen LogP contribution in [-0.4, -0.2) is 11.9 Å². The Morgan fingerprint density at radius 2 is 2.00 bits per heavy atom. The van der Waals surface area contributed by atoms with Crippen LogP contribution in [0.15, 0.2) is 24.3 Å². The lowest BCUT2D eigenvalue weighted by atomic mass is 10.1. The van der Waals surface area contributed by atoms with Gasteiger partial charge < -0.3 is 4.74 Å². The summed E-state index contributed by atoms with van der Waals surface area (Å²) in [4.78, 5) is 0. The van der Waals surface area contributed by atoms with Crippen molar-refractivity contribution in [2.24, 2.45) is 5.92 Å². The van der Waals surface area contributed by atoms with Gasteiger partial charge >= 0.3 is 0 Å². The van der Waals surface area contributed by atoms with Gasteiger partial charge in [0, 0.05) is 16.3 Å². The summed E-state index contributed by atoms with van der Waals surface area (Å²) >= 11 is 9.29. The summed E-state index contributed by atoms with van der Waals surface area (Å²) in [5.74, 6) is 1.48. The molecule has 0 aromatic heterocycles. The summed E-state index contributed by atoms with van der Waals surface area (Å²) in [6.07, 6.45) is 2.39. The third kappa shape index (κ3) is 4.89. The standard InChI is InChI=1S/C12H16BrClO/c1-2-3-10(8-13)9-15-12-6-4-11(14)5-7-12/h4-7,10H,2-3,8-9H2,1H3. The molecule has 1 nitrogen and oxygen atoms in total. The van der Waals surface area contributed by atoms with E-state index in [1.807, 2.05) is 24.3 Å². The van der Waals surface area contributed by atoms with E-state index in [1.54, 1.807) is 0 Å². The van der Waals surface area contributed by atoms with E-state index in [0.29, 0.717) is 5.92 Å². The van der Waals surface area contributed by atoms with E-state index in [9.17, 15) is 0 Å². The van der Waals surface area contributed by atoms with Crippen molar-refractivity contribution in [3.8, 4) is 5.75 Å². The molecule has 1 atom stereocenters. The van der Waals surface area contributed by atoms with Crippen LogP contribution >= 0.6 is 27.5 Å². The molecule has 0 N–H and O–H groups in total. The van der Waals surface area contributed by atoms with E-state index in [4.69, 9.17) is 16.3 Å². The van der Waals surface area contributed by atoms with Crippen LogP contribution in [0, 0.1) is 5.92 Å². The van der Waals surface area contributed by atoms with Gasteiger partial charge in [-0.05, 0) is 30.7 Å². The highest BCUT2D eigenvalue weighted by atomic mass is 79.9. The molecular weight excluding hydrogens is 275 g/mol. The fourth-order valence-electron chi connectivity index (χ4n) is 1.36. The molecule has 0 aliphatic heterocycles. The molecule has 1 rings (SSSR count). The first-order valence-corrected chi connectivity index (χ1v) is 6.70. The van der Waals surface area contributed by atoms with Crippen molar-refractivity contribution in [2.75, 3.05) is 11.9 Å². The fraction of sp³-hybridized carbons (Fsp3) is 0.500. The maximum Gasteiger partial charge on any atom is 0.119 e. The van der Waals surface area contributed by atoms with Gasteiger partial charge in [-0.3, -0.25) is 0 Å². The zero-order chi connectivity index (χ0) is 11.1. The quantitative estimate of drug-likeness (QED) is 0.700. The minimum absolute atomic E-state index is 0.589. The number of hydrogen-bond acceptors (Lipinski definition) is 1. The molecule has 1 unspecified atom stereocenters. The normalized spacial score (nSPS) is 12.5. The first-order chi connectivity index (χ1) is 7.26. The number of hydrogen-bond donors (Lipinski definition) is 0. The van der Waals surface area contributed by atoms with Crippen molar-refractivity contribution in [3.63, 3.8) is 0 Å². The van der Waals surface area contributed by atoms with Crippen molar-refractivity contribution in [1.29, 1.82) is 0 Å². The van der Waals surface area contributed by atoms with Crippen LogP contribution in [-0.2, 0) is 0 Å². The minimum atomic E-state index is 0.589. The Hall–Kier alpha value is -0.210. The number of halogens is 2. The lowest BCUT2D eigenvalue weighted by molar-refractivity contribution is 0.255. The number of rotatable bonds is 6. The Bertz CT molecular complexity index is 273. The summed E-state index contributed by atoms with van der Waals surface area (Å²) in [5.41, 5.74) is 0. The molecule has 1 aromatic rings. The highest BCUT2D eigenvalue weighted by molar-refractivity contribution is 9.09. The van der Waals surface area contributed by atoms with Gasteiger partial charge in [0.05, 0.1) is 6.61 Å². The van der Waals surface area contributed by atoms with E-state index in [1.165, 1.54) is 12.8 Å². The molecule has 3 heteroatoms. The predicted molar refractivity (Wildman–Crippen MR) is 69.1 cm³/mol. The first-order valence-electron chi connectivity index (χ1n) is 5.20. The highest BCUT2D eigenvalue weighted by Crippen LogP contribution is 2.17. The van der Waals surface area contributed by atoms with Gasteiger partial charge in [0.2, 0.25) is 0 Å². The van der Waals surface area contributed by atoms with E-state index in [2.05, 4.69) is 22.9 Å². The Kier molecular flexibility index (Phi) is 6.11. The summed E-state index contributed by atoms with van der Waals surface area (Å²) in [7, 11) is 0. The van der Waals surface area contributed by atoms with Crippen molar-refractivity contribution in [3.05, 3.63) is 29.3 Å². The average molecular weight is 292 g/mol. The van der Waals surface area contributed by atoms with Crippen molar-refractivity contribution in [2.45, 2.75) is 19.8 Å². The van der Waals surface area contributed by atoms with Crippen LogP contribution in [0.2, 0.25) is 5.02 Å². The molecule has 0 aliphatic carbocycles. The van der Waals surface area contributed by atoms with Gasteiger partial charge in [-0.1, -0.05) is 40.9 Å². The van der Waals surface area contributed by atoms with E-state index >= 15 is 0 Å². The number of alkyl halides is 1. The fourth-order valence-corrected chi connectivity index (χ4v) is 1.99. The van der Waals surface area contributed by atoms with Gasteiger partial charge in [-0.2, -0.15) is 0 Å². The second kappa shape index (κ2) is 7.13. The maximum absolute atomic E-state index is 5.79. The molecule has 0 saturated heterocycles. The molecule has 0 aliphatic rings. The number of benzene rings is 1. The molecule has 0 spiro atoms. The van der Waals surface area contributed by atoms with Crippen LogP contribution in [0.5, 0.6) is 5.75 Å². The van der Waals surface area contributed by atoms with Crippen LogP contribution < -0.4 is 4.74 Å². The molecule has 0 fully saturated rings. The summed E-state index contributed by atoms with van der Waals surface area (Å²) < 4.78 is 5.68. The smallest absolute Gasteiger partial charge is 0.119 e. The van der Waals surface area contributed by atoms with Gasteiger partial charge in [-0.25, -0.2) is 0 Å². The molecule has 0 radical (unpaired) electrons. The van der Waals surface area contributed by atoms with Gasteiger partial charge in [0.25, 0.3) is 0 Å². The lowest BCUT2D eigenvalue weighted by Gasteiger charge is -2.14. The molecule has 0 amide bonds. The Morgan fingerprint density at radius 1 is 1.33 bits per heavy atom. The van der Waals surface area contributed by atoms with E-state index in [0.717, 1.165) is 22.7 Å². The topological polar surface area (TPSA) is 9.23 Å². The average Bonchev–Trinajstić information content (AvgIpc) is 2.26. The number of ether oxygens (including phenoxy) is 1. The summed E-state index contributed by atoms with van der Waals surface area (Å²) in [5, 5.41) is 1.74. The lowest BCUT2D eigenvalue weighted by Crippen LogP contribution is -2.13. The monoisotopic (exact) mass is 290 g/mol. The largest absolute Gasteiger partial charge is 0.493 e. The van der Waals surface area contributed by atoms with Crippen LogP contribution in [0.1, 0.15) is 19.8 Å². The zero-order valence-electron chi connectivity index (χ0n) is 8.88. The second-order valence-electron chi connectivity index (χ2n) is 3.57. The molecule has 1 aromatic carbocycles. The second-order valence-corrected chi connectivity index (χ2v) is 4.66. The third-order valence-electron chi connectivity index (χ3n) is 2.21. The molecule has 84 valence electrons. The zero-order valence-corrected chi connectivity index (χ0v) is 11.2. The predicted octanol–water partition coefficient (Wildman–Crippen LogP) is 4.53. The Labute approximate surface area is 105 Å². The first kappa shape index (κ1) is 12.9. The van der Waals surface area contributed by atoms with Crippen molar-refractivity contribution < 1.29 is 4.74 Å². The third-order valence-corrected chi connectivity index (χ3v) is 3.38. The van der Waals surface area contributed by atoms with Crippen molar-refractivity contribution in [1.82, 2.24) is 0 Å². The van der Waals surface area contributed by atoms with Crippen LogP contribution in [0.3, 0.4) is 0 Å². The molecule has 0 saturated carbocycles. The van der Waals surface area contributed by atoms with E-state index < -0.39 is 0 Å². The Balaban J connectivity index is 2.38. The van der Waals surface area contributed by atoms with Gasteiger partial charge in [0.15, 0.2) is 0 Å². The summed E-state index contributed by atoms with van der Waals surface area (Å²) in [6.45, 7) is 2.96. The van der Waals surface area contributed by atoms with Gasteiger partial charge in [-0.15, -0.1) is 0 Å². The molecule has 0 heterocycles. The summed E-state index contributed by atoms with van der Waals surface area (Å²) in [6, 6.07) is 7.50. The van der Waals surface area contributed by atoms with Crippen LogP contribution in [0.4, 0.5) is 0 Å². The molecule has 0 bridgehead atoms. The van der Waals surface area contributed by atoms with E-state index in [-0.39, 0.29) is 0 Å². The molecule has 15 heavy (non-hydrogen) atoms. The minimum Gasteiger partial charge on any atom is -0.493 e. The van der Waals surface area contributed by atoms with Gasteiger partial charge in [0.1, 0.15) is 5.75 Å². The highest BCUT2D eigenvalue weighted by Gasteiger charge is 2.06. The maximum atomic E-state index is 5.79. The Morgan fingerprint density at radius 3 is 2.53 bits per heavy atom. The SMILES string of the molecule is CCCC(CBr)COc1ccc(Cl)cc1. The van der Waals surface area contributed by atoms with Crippen molar-refractivity contribution >= 4 is 27.5 Å². The van der Waals surface area contributed by atoms with Crippen LogP contribution in [0.25, 0.3) is 0 Å².